The third-order valence-corrected chi connectivity index (χ3v) is 6.18. The van der Waals surface area contributed by atoms with Gasteiger partial charge in [-0.1, -0.05) is 67.6 Å². The van der Waals surface area contributed by atoms with Crippen LogP contribution in [0.2, 0.25) is 0 Å². The Balaban J connectivity index is 2.54. The van der Waals surface area contributed by atoms with Crippen molar-refractivity contribution in [2.45, 2.75) is 6.92 Å². The Morgan fingerprint density at radius 2 is 1.19 bits per heavy atom. The lowest BCUT2D eigenvalue weighted by Crippen LogP contribution is -2.16. The molecule has 0 aromatic heterocycles. The van der Waals surface area contributed by atoms with E-state index in [2.05, 4.69) is 31.2 Å². The van der Waals surface area contributed by atoms with Crippen LogP contribution in [0.5, 0.6) is 0 Å². The van der Waals surface area contributed by atoms with Gasteiger partial charge < -0.3 is 5.16 Å². The Hall–Kier alpha value is -1.33. The van der Waals surface area contributed by atoms with E-state index in [9.17, 15) is 0 Å². The molecule has 0 amide bonds. The number of hydrogen-bond donors (Lipinski definition) is 1. The summed E-state index contributed by atoms with van der Waals surface area (Å²) < 4.78 is 0. The van der Waals surface area contributed by atoms with E-state index in [1.54, 1.807) is 0 Å². The second-order valence-corrected chi connectivity index (χ2v) is 7.08. The predicted molar refractivity (Wildman–Crippen MR) is 72.3 cm³/mol. The predicted octanol–water partition coefficient (Wildman–Crippen LogP) is 3.44. The number of nitrogens with one attached hydrogen (secondary N) is 1. The highest BCUT2D eigenvalue weighted by atomic mass is 31.2. The molecule has 16 heavy (non-hydrogen) atoms. The molecule has 2 aromatic carbocycles. The smallest absolute Gasteiger partial charge is 0.0235 e. The second-order valence-electron chi connectivity index (χ2n) is 3.80. The van der Waals surface area contributed by atoms with E-state index >= 15 is 0 Å². The van der Waals surface area contributed by atoms with Crippen molar-refractivity contribution >= 4 is 17.7 Å². The molecule has 0 saturated carbocycles. The maximum atomic E-state index is 8.76. The lowest BCUT2D eigenvalue weighted by atomic mass is 10.4. The molecule has 0 bridgehead atoms. The van der Waals surface area contributed by atoms with Crippen molar-refractivity contribution in [2.24, 2.45) is 0 Å². The topological polar surface area (TPSA) is 23.9 Å². The molecule has 0 aliphatic heterocycles. The summed E-state index contributed by atoms with van der Waals surface area (Å²) in [6.07, 6.45) is 0.890. The second kappa shape index (κ2) is 4.67. The Morgan fingerprint density at radius 3 is 1.50 bits per heavy atom. The summed E-state index contributed by atoms with van der Waals surface area (Å²) in [5, 5.41) is 11.1. The molecule has 0 aliphatic carbocycles. The van der Waals surface area contributed by atoms with Crippen LogP contribution in [0, 0.1) is 5.16 Å². The van der Waals surface area contributed by atoms with Crippen molar-refractivity contribution in [3.05, 3.63) is 60.7 Å². The van der Waals surface area contributed by atoms with Crippen LogP contribution in [-0.2, 0) is 0 Å². The number of benzene rings is 2. The first-order valence-electron chi connectivity index (χ1n) is 5.52. The van der Waals surface area contributed by atoms with Gasteiger partial charge in [-0.15, -0.1) is 0 Å². The van der Waals surface area contributed by atoms with E-state index in [-0.39, 0.29) is 0 Å². The van der Waals surface area contributed by atoms with Gasteiger partial charge in [-0.25, -0.2) is 0 Å². The Morgan fingerprint density at radius 1 is 0.812 bits per heavy atom. The summed E-state index contributed by atoms with van der Waals surface area (Å²) in [6, 6.07) is 20.4. The van der Waals surface area contributed by atoms with E-state index in [0.717, 1.165) is 6.16 Å². The number of hydrogen-bond acceptors (Lipinski definition) is 1. The molecule has 1 nitrogen and oxygen atoms in total. The molecule has 0 radical (unpaired) electrons. The number of rotatable bonds is 3. The molecule has 0 saturated heterocycles. The van der Waals surface area contributed by atoms with Gasteiger partial charge >= 0.3 is 0 Å². The van der Waals surface area contributed by atoms with Crippen molar-refractivity contribution in [3.63, 3.8) is 0 Å². The quantitative estimate of drug-likeness (QED) is 0.780. The third-order valence-electron chi connectivity index (χ3n) is 2.87. The maximum Gasteiger partial charge on any atom is 0.0235 e. The minimum absolute atomic E-state index is 0.890. The lowest BCUT2D eigenvalue weighted by Gasteiger charge is -2.21. The van der Waals surface area contributed by atoms with Gasteiger partial charge in [0.1, 0.15) is 0 Å². The molecular weight excluding hydrogens is 213 g/mol. The highest BCUT2D eigenvalue weighted by Crippen LogP contribution is 2.43. The van der Waals surface area contributed by atoms with Crippen molar-refractivity contribution in [1.29, 1.82) is 5.16 Å². The summed E-state index contributed by atoms with van der Waals surface area (Å²) in [6.45, 7) is 2.11. The molecule has 0 spiro atoms. The van der Waals surface area contributed by atoms with E-state index in [1.165, 1.54) is 10.6 Å². The fourth-order valence-corrected chi connectivity index (χ4v) is 4.27. The van der Waals surface area contributed by atoms with Gasteiger partial charge in [0.15, 0.2) is 0 Å². The van der Waals surface area contributed by atoms with Crippen molar-refractivity contribution in [3.8, 4) is 0 Å². The molecule has 2 rings (SSSR count). The first kappa shape index (κ1) is 11.2. The minimum Gasteiger partial charge on any atom is -0.309 e. The van der Waals surface area contributed by atoms with E-state index in [0.29, 0.717) is 0 Å². The minimum atomic E-state index is -1.90. The molecule has 0 aliphatic rings. The van der Waals surface area contributed by atoms with Crippen LogP contribution in [-0.4, -0.2) is 6.16 Å². The van der Waals surface area contributed by atoms with Gasteiger partial charge in [-0.2, -0.15) is 0 Å². The fraction of sp³-hybridized carbons (Fsp3) is 0.143. The summed E-state index contributed by atoms with van der Waals surface area (Å²) in [7, 11) is -1.90. The largest absolute Gasteiger partial charge is 0.309 e. The standard InChI is InChI=1S/C14H16NP/c1-2-16(15,13-9-5-3-6-10-13)14-11-7-4-8-12-14/h3-12,15H,2H2,1H3. The zero-order valence-electron chi connectivity index (χ0n) is 9.43. The van der Waals surface area contributed by atoms with E-state index in [4.69, 9.17) is 5.16 Å². The third kappa shape index (κ3) is 1.96. The van der Waals surface area contributed by atoms with Crippen LogP contribution < -0.4 is 10.6 Å². The highest BCUT2D eigenvalue weighted by Gasteiger charge is 2.18. The van der Waals surface area contributed by atoms with Gasteiger partial charge in [0.25, 0.3) is 0 Å². The average molecular weight is 229 g/mol. The SMILES string of the molecule is CCP(=N)(c1ccccc1)c1ccccc1. The van der Waals surface area contributed by atoms with Crippen LogP contribution in [0.4, 0.5) is 0 Å². The molecule has 82 valence electrons. The van der Waals surface area contributed by atoms with Gasteiger partial charge in [0.05, 0.1) is 0 Å². The Bertz CT molecular complexity index is 447. The molecule has 1 N–H and O–H groups in total. The molecule has 2 heteroatoms. The molecule has 0 atom stereocenters. The molecular formula is C14H16NP. The van der Waals surface area contributed by atoms with Crippen LogP contribution >= 0.6 is 7.05 Å². The first-order chi connectivity index (χ1) is 7.77. The summed E-state index contributed by atoms with van der Waals surface area (Å²) >= 11 is 0. The Kier molecular flexibility index (Phi) is 3.26. The lowest BCUT2D eigenvalue weighted by molar-refractivity contribution is 1.44. The maximum absolute atomic E-state index is 8.76. The molecule has 0 fully saturated rings. The zero-order chi connectivity index (χ0) is 11.4. The fourth-order valence-electron chi connectivity index (χ4n) is 1.88. The summed E-state index contributed by atoms with van der Waals surface area (Å²) in [5.74, 6) is 0. The van der Waals surface area contributed by atoms with E-state index in [1.807, 2.05) is 36.4 Å². The van der Waals surface area contributed by atoms with Gasteiger partial charge in [-0.3, -0.25) is 0 Å². The molecule has 2 aromatic rings. The van der Waals surface area contributed by atoms with Crippen molar-refractivity contribution in [1.82, 2.24) is 0 Å². The molecule has 0 heterocycles. The summed E-state index contributed by atoms with van der Waals surface area (Å²) in [5.41, 5.74) is 0. The van der Waals surface area contributed by atoms with Crippen molar-refractivity contribution in [2.75, 3.05) is 6.16 Å². The van der Waals surface area contributed by atoms with Crippen LogP contribution in [0.25, 0.3) is 0 Å². The van der Waals surface area contributed by atoms with Gasteiger partial charge in [0, 0.05) is 7.05 Å². The van der Waals surface area contributed by atoms with Gasteiger partial charge in [-0.05, 0) is 16.8 Å². The van der Waals surface area contributed by atoms with Gasteiger partial charge in [0.2, 0.25) is 0 Å². The van der Waals surface area contributed by atoms with Crippen LogP contribution in [0.1, 0.15) is 6.92 Å². The van der Waals surface area contributed by atoms with Crippen molar-refractivity contribution < 1.29 is 0 Å². The monoisotopic (exact) mass is 229 g/mol. The zero-order valence-corrected chi connectivity index (χ0v) is 10.3. The average Bonchev–Trinajstić information content (AvgIpc) is 2.40. The Labute approximate surface area is 97.0 Å². The highest BCUT2D eigenvalue weighted by molar-refractivity contribution is 7.79. The molecule has 0 unspecified atom stereocenters. The first-order valence-corrected chi connectivity index (χ1v) is 7.49. The van der Waals surface area contributed by atoms with Crippen LogP contribution in [0.3, 0.4) is 0 Å². The van der Waals surface area contributed by atoms with Crippen LogP contribution in [0.15, 0.2) is 60.7 Å². The normalized spacial score (nSPS) is 11.3. The van der Waals surface area contributed by atoms with E-state index < -0.39 is 7.05 Å². The summed E-state index contributed by atoms with van der Waals surface area (Å²) in [4.78, 5) is 0.